The van der Waals surface area contributed by atoms with E-state index in [-0.39, 0.29) is 0 Å². The summed E-state index contributed by atoms with van der Waals surface area (Å²) in [7, 11) is 1.88. The number of thiocarbonyl (C=S) groups is 1. The molecule has 2 aromatic heterocycles. The first-order chi connectivity index (χ1) is 8.18. The Morgan fingerprint density at radius 3 is 3.06 bits per heavy atom. The van der Waals surface area contributed by atoms with Crippen molar-refractivity contribution in [1.82, 2.24) is 19.7 Å². The fraction of sp³-hybridized carbons (Fsp3) is 0.200. The fourth-order valence-corrected chi connectivity index (χ4v) is 1.57. The number of rotatable bonds is 4. The van der Waals surface area contributed by atoms with Crippen LogP contribution in [0.5, 0.6) is 0 Å². The van der Waals surface area contributed by atoms with Crippen LogP contribution < -0.4 is 11.1 Å². The van der Waals surface area contributed by atoms with E-state index in [4.69, 9.17) is 18.0 Å². The van der Waals surface area contributed by atoms with Crippen molar-refractivity contribution in [2.24, 2.45) is 12.8 Å². The molecule has 0 saturated heterocycles. The highest BCUT2D eigenvalue weighted by Crippen LogP contribution is 2.13. The molecule has 0 amide bonds. The monoisotopic (exact) mass is 248 g/mol. The number of aryl methyl sites for hydroxylation is 1. The molecule has 0 aromatic carbocycles. The van der Waals surface area contributed by atoms with E-state index in [1.54, 1.807) is 24.8 Å². The highest BCUT2D eigenvalue weighted by molar-refractivity contribution is 7.80. The molecule has 6 nitrogen and oxygen atoms in total. The zero-order valence-corrected chi connectivity index (χ0v) is 10.1. The summed E-state index contributed by atoms with van der Waals surface area (Å²) < 4.78 is 1.84. The van der Waals surface area contributed by atoms with Crippen molar-refractivity contribution < 1.29 is 0 Å². The average molecular weight is 248 g/mol. The molecule has 2 aromatic rings. The van der Waals surface area contributed by atoms with Gasteiger partial charge in [0, 0.05) is 18.8 Å². The van der Waals surface area contributed by atoms with Crippen LogP contribution in [0.4, 0.5) is 5.69 Å². The van der Waals surface area contributed by atoms with E-state index in [1.807, 2.05) is 11.6 Å². The molecule has 0 spiro atoms. The van der Waals surface area contributed by atoms with Gasteiger partial charge in [-0.25, -0.2) is 0 Å². The van der Waals surface area contributed by atoms with Crippen LogP contribution in [-0.2, 0) is 13.6 Å². The van der Waals surface area contributed by atoms with Gasteiger partial charge in [-0.3, -0.25) is 4.98 Å². The number of aromatic nitrogens is 4. The second-order valence-electron chi connectivity index (χ2n) is 3.50. The van der Waals surface area contributed by atoms with Crippen molar-refractivity contribution in [2.75, 3.05) is 5.32 Å². The van der Waals surface area contributed by atoms with Crippen LogP contribution in [0.3, 0.4) is 0 Å². The van der Waals surface area contributed by atoms with Crippen LogP contribution in [0.15, 0.2) is 24.8 Å². The zero-order chi connectivity index (χ0) is 12.3. The Kier molecular flexibility index (Phi) is 3.29. The fourth-order valence-electron chi connectivity index (χ4n) is 1.39. The highest BCUT2D eigenvalue weighted by Gasteiger charge is 2.06. The molecule has 2 rings (SSSR count). The van der Waals surface area contributed by atoms with E-state index in [0.717, 1.165) is 17.1 Å². The number of anilines is 1. The Bertz CT molecular complexity index is 535. The lowest BCUT2D eigenvalue weighted by molar-refractivity contribution is 0.812. The Morgan fingerprint density at radius 2 is 2.41 bits per heavy atom. The lowest BCUT2D eigenvalue weighted by Crippen LogP contribution is -2.14. The number of hydrogen-bond donors (Lipinski definition) is 2. The standard InChI is InChI=1S/C10H12N6S/c1-16-6-14-15-9(16)5-13-8-4-12-3-2-7(8)10(11)17/h2-4,6,13H,5H2,1H3,(H2,11,17). The van der Waals surface area contributed by atoms with Crippen LogP contribution in [-0.4, -0.2) is 24.7 Å². The molecule has 0 aliphatic rings. The molecule has 0 aliphatic heterocycles. The molecule has 17 heavy (non-hydrogen) atoms. The van der Waals surface area contributed by atoms with Crippen LogP contribution in [0.25, 0.3) is 0 Å². The first-order valence-corrected chi connectivity index (χ1v) is 5.40. The maximum atomic E-state index is 5.62. The van der Waals surface area contributed by atoms with Crippen molar-refractivity contribution in [1.29, 1.82) is 0 Å². The summed E-state index contributed by atoms with van der Waals surface area (Å²) in [5, 5.41) is 11.0. The van der Waals surface area contributed by atoms with Gasteiger partial charge in [0.2, 0.25) is 0 Å². The van der Waals surface area contributed by atoms with Crippen molar-refractivity contribution in [3.8, 4) is 0 Å². The molecule has 7 heteroatoms. The Morgan fingerprint density at radius 1 is 1.59 bits per heavy atom. The number of nitrogens with zero attached hydrogens (tertiary/aromatic N) is 4. The molecule has 0 saturated carbocycles. The van der Waals surface area contributed by atoms with E-state index in [9.17, 15) is 0 Å². The van der Waals surface area contributed by atoms with Crippen LogP contribution in [0.1, 0.15) is 11.4 Å². The van der Waals surface area contributed by atoms with Crippen molar-refractivity contribution in [3.05, 3.63) is 36.2 Å². The van der Waals surface area contributed by atoms with Gasteiger partial charge in [0.05, 0.1) is 18.4 Å². The molecule has 3 N–H and O–H groups in total. The van der Waals surface area contributed by atoms with Crippen molar-refractivity contribution >= 4 is 22.9 Å². The number of nitrogens with two attached hydrogens (primary N) is 1. The number of pyridine rings is 1. The normalized spacial score (nSPS) is 10.2. The molecule has 0 fully saturated rings. The Hall–Kier alpha value is -2.02. The van der Waals surface area contributed by atoms with Gasteiger partial charge in [0.15, 0.2) is 5.82 Å². The quantitative estimate of drug-likeness (QED) is 0.765. The second kappa shape index (κ2) is 4.88. The van der Waals surface area contributed by atoms with Gasteiger partial charge in [-0.2, -0.15) is 0 Å². The molecule has 0 radical (unpaired) electrons. The lowest BCUT2D eigenvalue weighted by atomic mass is 10.2. The van der Waals surface area contributed by atoms with Gasteiger partial charge < -0.3 is 15.6 Å². The van der Waals surface area contributed by atoms with Gasteiger partial charge in [-0.1, -0.05) is 12.2 Å². The average Bonchev–Trinajstić information content (AvgIpc) is 2.72. The van der Waals surface area contributed by atoms with Crippen LogP contribution in [0, 0.1) is 0 Å². The minimum absolute atomic E-state index is 0.341. The first kappa shape index (κ1) is 11.5. The van der Waals surface area contributed by atoms with E-state index in [2.05, 4.69) is 20.5 Å². The van der Waals surface area contributed by atoms with Gasteiger partial charge in [-0.15, -0.1) is 10.2 Å². The molecule has 0 aliphatic carbocycles. The van der Waals surface area contributed by atoms with Crippen LogP contribution >= 0.6 is 12.2 Å². The summed E-state index contributed by atoms with van der Waals surface area (Å²) in [6, 6.07) is 1.78. The first-order valence-electron chi connectivity index (χ1n) is 4.99. The molecular weight excluding hydrogens is 236 g/mol. The third-order valence-corrected chi connectivity index (χ3v) is 2.55. The van der Waals surface area contributed by atoms with E-state index in [0.29, 0.717) is 11.5 Å². The summed E-state index contributed by atoms with van der Waals surface area (Å²) in [4.78, 5) is 4.37. The van der Waals surface area contributed by atoms with Gasteiger partial charge >= 0.3 is 0 Å². The topological polar surface area (TPSA) is 81.7 Å². The molecule has 0 atom stereocenters. The van der Waals surface area contributed by atoms with Gasteiger partial charge in [-0.05, 0) is 6.07 Å². The minimum Gasteiger partial charge on any atom is -0.389 e. The Balaban J connectivity index is 2.14. The second-order valence-corrected chi connectivity index (χ2v) is 3.94. The number of nitrogens with one attached hydrogen (secondary N) is 1. The third-order valence-electron chi connectivity index (χ3n) is 2.33. The predicted molar refractivity (Wildman–Crippen MR) is 68.5 cm³/mol. The van der Waals surface area contributed by atoms with Gasteiger partial charge in [0.25, 0.3) is 0 Å². The van der Waals surface area contributed by atoms with E-state index in [1.165, 1.54) is 0 Å². The molecule has 0 unspecified atom stereocenters. The maximum Gasteiger partial charge on any atom is 0.151 e. The maximum absolute atomic E-state index is 5.62. The zero-order valence-electron chi connectivity index (χ0n) is 9.29. The SMILES string of the molecule is Cn1cnnc1CNc1cnccc1C(N)=S. The summed E-state index contributed by atoms with van der Waals surface area (Å²) in [6.07, 6.45) is 4.99. The van der Waals surface area contributed by atoms with Crippen LogP contribution in [0.2, 0.25) is 0 Å². The van der Waals surface area contributed by atoms with E-state index >= 15 is 0 Å². The number of hydrogen-bond acceptors (Lipinski definition) is 5. The molecule has 2 heterocycles. The third kappa shape index (κ3) is 2.56. The summed E-state index contributed by atoms with van der Waals surface area (Å²) in [6.45, 7) is 0.539. The summed E-state index contributed by atoms with van der Waals surface area (Å²) in [5.74, 6) is 0.822. The van der Waals surface area contributed by atoms with Crippen molar-refractivity contribution in [3.63, 3.8) is 0 Å². The summed E-state index contributed by atoms with van der Waals surface area (Å²) >= 11 is 4.97. The molecular formula is C10H12N6S. The Labute approximate surface area is 104 Å². The molecule has 88 valence electrons. The predicted octanol–water partition coefficient (Wildman–Crippen LogP) is 0.456. The van der Waals surface area contributed by atoms with Gasteiger partial charge in [0.1, 0.15) is 11.3 Å². The molecule has 0 bridgehead atoms. The van der Waals surface area contributed by atoms with Crippen molar-refractivity contribution in [2.45, 2.75) is 6.54 Å². The highest BCUT2D eigenvalue weighted by atomic mass is 32.1. The minimum atomic E-state index is 0.341. The summed E-state index contributed by atoms with van der Waals surface area (Å²) in [5.41, 5.74) is 7.19. The largest absolute Gasteiger partial charge is 0.389 e. The lowest BCUT2D eigenvalue weighted by Gasteiger charge is -2.09. The smallest absolute Gasteiger partial charge is 0.151 e. The van der Waals surface area contributed by atoms with E-state index < -0.39 is 0 Å².